The van der Waals surface area contributed by atoms with E-state index in [1.165, 1.54) is 0 Å². The van der Waals surface area contributed by atoms with Gasteiger partial charge in [-0.1, -0.05) is 31.1 Å². The number of nitrogens with zero attached hydrogens (tertiary/aromatic N) is 2. The minimum Gasteiger partial charge on any atom is -0.493 e. The summed E-state index contributed by atoms with van der Waals surface area (Å²) in [6, 6.07) is 6.21. The molecule has 0 radical (unpaired) electrons. The second-order valence-corrected chi connectivity index (χ2v) is 5.01. The molecule has 1 heterocycles. The zero-order valence-electron chi connectivity index (χ0n) is 12.8. The van der Waals surface area contributed by atoms with Crippen molar-refractivity contribution in [2.45, 2.75) is 40.0 Å². The first-order valence-electron chi connectivity index (χ1n) is 6.91. The Morgan fingerprint density at radius 3 is 2.76 bits per heavy atom. The van der Waals surface area contributed by atoms with E-state index in [4.69, 9.17) is 14.0 Å². The van der Waals surface area contributed by atoms with Gasteiger partial charge >= 0.3 is 0 Å². The monoisotopic (exact) mass is 291 g/mol. The van der Waals surface area contributed by atoms with E-state index < -0.39 is 0 Å². The fourth-order valence-corrected chi connectivity index (χ4v) is 1.87. The maximum Gasteiger partial charge on any atom is 0.264 e. The Morgan fingerprint density at radius 2 is 2.14 bits per heavy atom. The fourth-order valence-electron chi connectivity index (χ4n) is 1.87. The van der Waals surface area contributed by atoms with Crippen LogP contribution < -0.4 is 14.8 Å². The molecule has 114 valence electrons. The van der Waals surface area contributed by atoms with E-state index in [1.54, 1.807) is 14.0 Å². The molecule has 21 heavy (non-hydrogen) atoms. The molecule has 0 bridgehead atoms. The van der Waals surface area contributed by atoms with E-state index in [0.29, 0.717) is 35.8 Å². The first kappa shape index (κ1) is 15.3. The van der Waals surface area contributed by atoms with Crippen LogP contribution in [0.5, 0.6) is 11.5 Å². The number of hydrogen-bond donors (Lipinski definition) is 1. The van der Waals surface area contributed by atoms with Crippen molar-refractivity contribution in [3.63, 3.8) is 0 Å². The minimum absolute atomic E-state index is 0.218. The molecular weight excluding hydrogens is 270 g/mol. The highest BCUT2D eigenvalue weighted by Crippen LogP contribution is 2.31. The Hall–Kier alpha value is -2.08. The molecule has 1 aromatic carbocycles. The van der Waals surface area contributed by atoms with Crippen molar-refractivity contribution in [1.29, 1.82) is 0 Å². The van der Waals surface area contributed by atoms with Crippen LogP contribution in [0.4, 0.5) is 0 Å². The van der Waals surface area contributed by atoms with E-state index in [2.05, 4.69) is 29.3 Å². The summed E-state index contributed by atoms with van der Waals surface area (Å²) in [7, 11) is 1.62. The molecule has 0 unspecified atom stereocenters. The Bertz CT molecular complexity index is 581. The van der Waals surface area contributed by atoms with Crippen LogP contribution in [0, 0.1) is 6.92 Å². The third-order valence-corrected chi connectivity index (χ3v) is 2.89. The molecule has 0 aliphatic carbocycles. The van der Waals surface area contributed by atoms with E-state index >= 15 is 0 Å². The molecule has 1 aromatic heterocycles. The van der Waals surface area contributed by atoms with Gasteiger partial charge in [0.2, 0.25) is 0 Å². The van der Waals surface area contributed by atoms with E-state index in [1.807, 2.05) is 18.2 Å². The third-order valence-electron chi connectivity index (χ3n) is 2.89. The van der Waals surface area contributed by atoms with Crippen molar-refractivity contribution in [2.24, 2.45) is 0 Å². The zero-order valence-corrected chi connectivity index (χ0v) is 12.8. The fraction of sp³-hybridized carbons (Fsp3) is 0.467. The first-order valence-corrected chi connectivity index (χ1v) is 6.91. The largest absolute Gasteiger partial charge is 0.493 e. The second kappa shape index (κ2) is 7.08. The summed E-state index contributed by atoms with van der Waals surface area (Å²) in [6.45, 7) is 6.89. The number of methoxy groups -OCH3 is 1. The predicted molar refractivity (Wildman–Crippen MR) is 78.3 cm³/mol. The van der Waals surface area contributed by atoms with Crippen LogP contribution in [0.2, 0.25) is 0 Å². The Labute approximate surface area is 124 Å². The summed E-state index contributed by atoms with van der Waals surface area (Å²) in [5.74, 6) is 2.43. The molecule has 0 aliphatic heterocycles. The average Bonchev–Trinajstić information content (AvgIpc) is 2.88. The summed E-state index contributed by atoms with van der Waals surface area (Å²) in [4.78, 5) is 4.13. The molecular formula is C15H21N3O3. The SMILES string of the molecule is COc1cccc(CNC(C)C)c1OCc1nc(C)no1. The summed E-state index contributed by atoms with van der Waals surface area (Å²) in [6.07, 6.45) is 0. The third kappa shape index (κ3) is 4.19. The van der Waals surface area contributed by atoms with Gasteiger partial charge in [-0.05, 0) is 13.0 Å². The highest BCUT2D eigenvalue weighted by molar-refractivity contribution is 5.46. The van der Waals surface area contributed by atoms with Crippen LogP contribution >= 0.6 is 0 Å². The molecule has 2 rings (SSSR count). The van der Waals surface area contributed by atoms with Crippen molar-refractivity contribution in [1.82, 2.24) is 15.5 Å². The van der Waals surface area contributed by atoms with E-state index in [9.17, 15) is 0 Å². The molecule has 0 spiro atoms. The van der Waals surface area contributed by atoms with Crippen LogP contribution in [0.3, 0.4) is 0 Å². The molecule has 1 N–H and O–H groups in total. The Balaban J connectivity index is 2.14. The smallest absolute Gasteiger partial charge is 0.264 e. The molecule has 0 fully saturated rings. The summed E-state index contributed by atoms with van der Waals surface area (Å²) >= 11 is 0. The minimum atomic E-state index is 0.218. The molecule has 2 aromatic rings. The van der Waals surface area contributed by atoms with Gasteiger partial charge in [0.05, 0.1) is 7.11 Å². The van der Waals surface area contributed by atoms with Gasteiger partial charge in [0, 0.05) is 18.2 Å². The van der Waals surface area contributed by atoms with E-state index in [0.717, 1.165) is 5.56 Å². The molecule has 6 heteroatoms. The first-order chi connectivity index (χ1) is 10.1. The molecule has 0 saturated heterocycles. The number of nitrogens with one attached hydrogen (secondary N) is 1. The number of ether oxygens (including phenoxy) is 2. The summed E-state index contributed by atoms with van der Waals surface area (Å²) < 4.78 is 16.3. The van der Waals surface area contributed by atoms with Crippen molar-refractivity contribution in [2.75, 3.05) is 7.11 Å². The average molecular weight is 291 g/mol. The Morgan fingerprint density at radius 1 is 1.33 bits per heavy atom. The van der Waals surface area contributed by atoms with Crippen molar-refractivity contribution >= 4 is 0 Å². The van der Waals surface area contributed by atoms with Crippen molar-refractivity contribution in [3.05, 3.63) is 35.5 Å². The van der Waals surface area contributed by atoms with E-state index in [-0.39, 0.29) is 6.61 Å². The molecule has 0 atom stereocenters. The van der Waals surface area contributed by atoms with Gasteiger partial charge < -0.3 is 19.3 Å². The lowest BCUT2D eigenvalue weighted by atomic mass is 10.1. The van der Waals surface area contributed by atoms with Gasteiger partial charge in [-0.2, -0.15) is 4.98 Å². The van der Waals surface area contributed by atoms with Gasteiger partial charge in [0.15, 0.2) is 23.9 Å². The zero-order chi connectivity index (χ0) is 15.2. The number of aromatic nitrogens is 2. The van der Waals surface area contributed by atoms with Crippen LogP contribution in [-0.2, 0) is 13.2 Å². The lowest BCUT2D eigenvalue weighted by molar-refractivity contribution is 0.230. The lowest BCUT2D eigenvalue weighted by Crippen LogP contribution is -2.22. The highest BCUT2D eigenvalue weighted by Gasteiger charge is 2.13. The Kier molecular flexibility index (Phi) is 5.16. The molecule has 0 saturated carbocycles. The van der Waals surface area contributed by atoms with Crippen LogP contribution in [-0.4, -0.2) is 23.3 Å². The number of benzene rings is 1. The maximum absolute atomic E-state index is 5.83. The van der Waals surface area contributed by atoms with Crippen LogP contribution in [0.15, 0.2) is 22.7 Å². The predicted octanol–water partition coefficient (Wildman–Crippen LogP) is 2.46. The molecule has 6 nitrogen and oxygen atoms in total. The number of aryl methyl sites for hydroxylation is 1. The summed E-state index contributed by atoms with van der Waals surface area (Å²) in [5.41, 5.74) is 1.03. The second-order valence-electron chi connectivity index (χ2n) is 5.01. The van der Waals surface area contributed by atoms with Gasteiger partial charge in [0.25, 0.3) is 5.89 Å². The highest BCUT2D eigenvalue weighted by atomic mass is 16.5. The van der Waals surface area contributed by atoms with Gasteiger partial charge in [-0.15, -0.1) is 0 Å². The van der Waals surface area contributed by atoms with Gasteiger partial charge in [0.1, 0.15) is 0 Å². The topological polar surface area (TPSA) is 69.4 Å². The number of hydrogen-bond acceptors (Lipinski definition) is 6. The van der Waals surface area contributed by atoms with Gasteiger partial charge in [-0.25, -0.2) is 0 Å². The summed E-state index contributed by atoms with van der Waals surface area (Å²) in [5, 5.41) is 7.11. The molecule has 0 aliphatic rings. The lowest BCUT2D eigenvalue weighted by Gasteiger charge is -2.15. The van der Waals surface area contributed by atoms with Crippen molar-refractivity contribution < 1.29 is 14.0 Å². The van der Waals surface area contributed by atoms with Crippen LogP contribution in [0.1, 0.15) is 31.1 Å². The maximum atomic E-state index is 5.83. The van der Waals surface area contributed by atoms with Crippen LogP contribution in [0.25, 0.3) is 0 Å². The normalized spacial score (nSPS) is 10.9. The molecule has 0 amide bonds. The van der Waals surface area contributed by atoms with Gasteiger partial charge in [-0.3, -0.25) is 0 Å². The number of rotatable bonds is 7. The quantitative estimate of drug-likeness (QED) is 0.845. The number of para-hydroxylation sites is 1. The standard InChI is InChI=1S/C15H21N3O3/c1-10(2)16-8-12-6-5-7-13(19-4)15(12)20-9-14-17-11(3)18-21-14/h5-7,10,16H,8-9H2,1-4H3. The van der Waals surface area contributed by atoms with Crippen molar-refractivity contribution in [3.8, 4) is 11.5 Å².